The van der Waals surface area contributed by atoms with E-state index in [0.29, 0.717) is 17.5 Å². The van der Waals surface area contributed by atoms with Crippen molar-refractivity contribution < 1.29 is 8.83 Å². The number of hydrogen-bond donors (Lipinski definition) is 0. The summed E-state index contributed by atoms with van der Waals surface area (Å²) in [5, 5.41) is 4.11. The molecule has 0 radical (unpaired) electrons. The second kappa shape index (κ2) is 9.75. The summed E-state index contributed by atoms with van der Waals surface area (Å²) in [6.07, 6.45) is 0. The maximum absolute atomic E-state index is 6.31. The van der Waals surface area contributed by atoms with Gasteiger partial charge >= 0.3 is 0 Å². The molecule has 0 saturated carbocycles. The molecule has 0 spiro atoms. The van der Waals surface area contributed by atoms with Crippen LogP contribution in [0.1, 0.15) is 0 Å². The van der Waals surface area contributed by atoms with E-state index in [2.05, 4.69) is 48.5 Å². The minimum Gasteiger partial charge on any atom is -0.456 e. The lowest BCUT2D eigenvalue weighted by Crippen LogP contribution is -2.00. The number of hydrogen-bond acceptors (Lipinski definition) is 5. The zero-order chi connectivity index (χ0) is 29.0. The van der Waals surface area contributed by atoms with Gasteiger partial charge in [-0.3, -0.25) is 0 Å². The Balaban J connectivity index is 1.30. The second-order valence-electron chi connectivity index (χ2n) is 10.8. The molecule has 3 aromatic heterocycles. The molecule has 0 aliphatic carbocycles. The highest BCUT2D eigenvalue weighted by Gasteiger charge is 2.19. The van der Waals surface area contributed by atoms with Crippen LogP contribution >= 0.6 is 0 Å². The van der Waals surface area contributed by atoms with Crippen molar-refractivity contribution in [1.82, 2.24) is 15.0 Å². The molecule has 0 saturated heterocycles. The molecule has 0 bridgehead atoms. The molecule has 9 aromatic rings. The Morgan fingerprint density at radius 2 is 0.886 bits per heavy atom. The van der Waals surface area contributed by atoms with Crippen molar-refractivity contribution in [2.24, 2.45) is 0 Å². The third-order valence-corrected chi connectivity index (χ3v) is 8.15. The van der Waals surface area contributed by atoms with Crippen LogP contribution in [0, 0.1) is 0 Å². The first-order valence-electron chi connectivity index (χ1n) is 14.5. The van der Waals surface area contributed by atoms with Crippen LogP contribution in [0.5, 0.6) is 0 Å². The zero-order valence-electron chi connectivity index (χ0n) is 23.4. The van der Waals surface area contributed by atoms with Gasteiger partial charge in [-0.25, -0.2) is 15.0 Å². The van der Waals surface area contributed by atoms with Crippen LogP contribution in [0.3, 0.4) is 0 Å². The van der Waals surface area contributed by atoms with Crippen LogP contribution in [0.15, 0.2) is 148 Å². The number of nitrogens with zero attached hydrogens (tertiary/aromatic N) is 3. The summed E-state index contributed by atoms with van der Waals surface area (Å²) in [4.78, 5) is 15.1. The highest BCUT2D eigenvalue weighted by molar-refractivity contribution is 6.14. The molecule has 5 heteroatoms. The number of furan rings is 2. The summed E-state index contributed by atoms with van der Waals surface area (Å²) >= 11 is 0. The highest BCUT2D eigenvalue weighted by atomic mass is 16.3. The van der Waals surface area contributed by atoms with Crippen LogP contribution in [-0.4, -0.2) is 15.0 Å². The maximum Gasteiger partial charge on any atom is 0.164 e. The summed E-state index contributed by atoms with van der Waals surface area (Å²) in [5.41, 5.74) is 8.26. The Kier molecular flexibility index (Phi) is 5.43. The molecule has 9 rings (SSSR count). The van der Waals surface area contributed by atoms with E-state index in [0.717, 1.165) is 71.7 Å². The number of rotatable bonds is 4. The third-order valence-electron chi connectivity index (χ3n) is 8.15. The quantitative estimate of drug-likeness (QED) is 0.212. The molecule has 5 nitrogen and oxygen atoms in total. The van der Waals surface area contributed by atoms with Gasteiger partial charge in [-0.1, -0.05) is 103 Å². The summed E-state index contributed by atoms with van der Waals surface area (Å²) in [5.74, 6) is 1.79. The first-order valence-corrected chi connectivity index (χ1v) is 14.5. The average molecular weight is 566 g/mol. The molecule has 0 atom stereocenters. The maximum atomic E-state index is 6.31. The molecule has 44 heavy (non-hydrogen) atoms. The molecule has 0 amide bonds. The Morgan fingerprint density at radius 1 is 0.341 bits per heavy atom. The van der Waals surface area contributed by atoms with Crippen molar-refractivity contribution in [3.05, 3.63) is 140 Å². The minimum atomic E-state index is 0.590. The van der Waals surface area contributed by atoms with Gasteiger partial charge in [-0.15, -0.1) is 0 Å². The monoisotopic (exact) mass is 565 g/mol. The lowest BCUT2D eigenvalue weighted by molar-refractivity contribution is 0.668. The molecular weight excluding hydrogens is 542 g/mol. The standard InChI is InChI=1S/C39H23N3O2/c1-3-11-24(12-4-1)27-16-9-19-33-35(27)30-23-26(21-22-32(30)44-33)38-40-37(25-13-5-2-6-14-25)41-39(42-38)29-17-10-20-34-36(29)28-15-7-8-18-31(28)43-34/h1-23H. The van der Waals surface area contributed by atoms with E-state index < -0.39 is 0 Å². The smallest absolute Gasteiger partial charge is 0.164 e. The van der Waals surface area contributed by atoms with E-state index in [1.54, 1.807) is 0 Å². The van der Waals surface area contributed by atoms with Crippen LogP contribution in [0.4, 0.5) is 0 Å². The van der Waals surface area contributed by atoms with Crippen molar-refractivity contribution in [3.8, 4) is 45.3 Å². The van der Waals surface area contributed by atoms with Gasteiger partial charge in [-0.05, 0) is 47.5 Å². The van der Waals surface area contributed by atoms with Crippen LogP contribution in [-0.2, 0) is 0 Å². The first kappa shape index (κ1) is 24.5. The van der Waals surface area contributed by atoms with Crippen LogP contribution < -0.4 is 0 Å². The molecular formula is C39H23N3O2. The van der Waals surface area contributed by atoms with Gasteiger partial charge in [0.1, 0.15) is 22.3 Å². The van der Waals surface area contributed by atoms with E-state index in [9.17, 15) is 0 Å². The normalized spacial score (nSPS) is 11.6. The van der Waals surface area contributed by atoms with Crippen molar-refractivity contribution >= 4 is 43.9 Å². The molecule has 3 heterocycles. The van der Waals surface area contributed by atoms with Gasteiger partial charge in [0.25, 0.3) is 0 Å². The number of para-hydroxylation sites is 1. The summed E-state index contributed by atoms with van der Waals surface area (Å²) in [6, 6.07) is 46.9. The predicted molar refractivity (Wildman–Crippen MR) is 176 cm³/mol. The fourth-order valence-electron chi connectivity index (χ4n) is 6.13. The van der Waals surface area contributed by atoms with Gasteiger partial charge in [-0.2, -0.15) is 0 Å². The van der Waals surface area contributed by atoms with E-state index in [1.807, 2.05) is 91.0 Å². The molecule has 0 aliphatic rings. The van der Waals surface area contributed by atoms with Gasteiger partial charge < -0.3 is 8.83 Å². The van der Waals surface area contributed by atoms with Crippen molar-refractivity contribution in [2.75, 3.05) is 0 Å². The Morgan fingerprint density at radius 3 is 1.64 bits per heavy atom. The van der Waals surface area contributed by atoms with Gasteiger partial charge in [0, 0.05) is 38.2 Å². The highest BCUT2D eigenvalue weighted by Crippen LogP contribution is 2.39. The Hall–Kier alpha value is -6.07. The van der Waals surface area contributed by atoms with E-state index in [-0.39, 0.29) is 0 Å². The Bertz CT molecular complexity index is 2500. The summed E-state index contributed by atoms with van der Waals surface area (Å²) < 4.78 is 12.5. The van der Waals surface area contributed by atoms with Gasteiger partial charge in [0.15, 0.2) is 17.5 Å². The molecule has 206 valence electrons. The molecule has 0 aliphatic heterocycles. The number of fused-ring (bicyclic) bond motifs is 6. The lowest BCUT2D eigenvalue weighted by Gasteiger charge is -2.09. The predicted octanol–water partition coefficient (Wildman–Crippen LogP) is 10.3. The largest absolute Gasteiger partial charge is 0.456 e. The fourth-order valence-corrected chi connectivity index (χ4v) is 6.13. The van der Waals surface area contributed by atoms with Gasteiger partial charge in [0.05, 0.1) is 0 Å². The second-order valence-corrected chi connectivity index (χ2v) is 10.8. The molecule has 6 aromatic carbocycles. The molecule has 0 N–H and O–H groups in total. The number of benzene rings is 6. The van der Waals surface area contributed by atoms with E-state index in [4.69, 9.17) is 23.8 Å². The van der Waals surface area contributed by atoms with Crippen LogP contribution in [0.25, 0.3) is 89.2 Å². The minimum absolute atomic E-state index is 0.590. The average Bonchev–Trinajstić information content (AvgIpc) is 3.67. The van der Waals surface area contributed by atoms with Crippen LogP contribution in [0.2, 0.25) is 0 Å². The molecule has 0 fully saturated rings. The number of aromatic nitrogens is 3. The summed E-state index contributed by atoms with van der Waals surface area (Å²) in [6.45, 7) is 0. The van der Waals surface area contributed by atoms with Crippen molar-refractivity contribution in [1.29, 1.82) is 0 Å². The SMILES string of the molecule is c1ccc(-c2nc(-c3ccc4oc5cccc(-c6ccccc6)c5c4c3)nc(-c3cccc4oc5ccccc5c34)n2)cc1. The van der Waals surface area contributed by atoms with Gasteiger partial charge in [0.2, 0.25) is 0 Å². The zero-order valence-corrected chi connectivity index (χ0v) is 23.4. The third kappa shape index (κ3) is 3.91. The summed E-state index contributed by atoms with van der Waals surface area (Å²) in [7, 11) is 0. The van der Waals surface area contributed by atoms with Crippen molar-refractivity contribution in [2.45, 2.75) is 0 Å². The first-order chi connectivity index (χ1) is 21.8. The lowest BCUT2D eigenvalue weighted by atomic mass is 9.99. The van der Waals surface area contributed by atoms with E-state index >= 15 is 0 Å². The van der Waals surface area contributed by atoms with E-state index in [1.165, 1.54) is 0 Å². The fraction of sp³-hybridized carbons (Fsp3) is 0. The molecule has 0 unspecified atom stereocenters. The van der Waals surface area contributed by atoms with Crippen molar-refractivity contribution in [3.63, 3.8) is 0 Å². The Labute approximate surface area is 252 Å². The topological polar surface area (TPSA) is 65.0 Å².